The van der Waals surface area contributed by atoms with E-state index in [2.05, 4.69) is 30.6 Å². The smallest absolute Gasteiger partial charge is 0.267 e. The largest absolute Gasteiger partial charge is 0.480 e. The first kappa shape index (κ1) is 27.0. The first-order valence-electron chi connectivity index (χ1n) is 13.1. The lowest BCUT2D eigenvalue weighted by molar-refractivity contribution is 0.0536. The van der Waals surface area contributed by atoms with Crippen molar-refractivity contribution in [1.29, 1.82) is 0 Å². The van der Waals surface area contributed by atoms with Gasteiger partial charge in [0.05, 0.1) is 18.7 Å². The number of pyridine rings is 1. The number of piperidine rings is 1. The molecule has 1 unspecified atom stereocenters. The van der Waals surface area contributed by atoms with E-state index in [-0.39, 0.29) is 17.0 Å². The molecule has 0 bridgehead atoms. The van der Waals surface area contributed by atoms with Gasteiger partial charge in [-0.3, -0.25) is 4.72 Å². The maximum atomic E-state index is 14.3. The zero-order valence-electron chi connectivity index (χ0n) is 22.1. The molecule has 2 aromatic carbocycles. The second kappa shape index (κ2) is 10.3. The van der Waals surface area contributed by atoms with E-state index >= 15 is 0 Å². The highest BCUT2D eigenvalue weighted by Gasteiger charge is 2.41. The molecule has 1 fully saturated rings. The number of rotatable bonds is 6. The van der Waals surface area contributed by atoms with E-state index in [0.29, 0.717) is 11.1 Å². The van der Waals surface area contributed by atoms with Crippen LogP contribution in [-0.4, -0.2) is 54.8 Å². The zero-order valence-corrected chi connectivity index (χ0v) is 22.9. The molecule has 41 heavy (non-hydrogen) atoms. The summed E-state index contributed by atoms with van der Waals surface area (Å²) in [6, 6.07) is 9.88. The third-order valence-electron chi connectivity index (χ3n) is 7.95. The van der Waals surface area contributed by atoms with Gasteiger partial charge in [-0.15, -0.1) is 0 Å². The maximum absolute atomic E-state index is 14.3. The normalized spacial score (nSPS) is 18.2. The molecule has 4 aromatic rings. The quantitative estimate of drug-likeness (QED) is 0.316. The molecular weight excluding hydrogens is 552 g/mol. The molecular formula is C29H27F2N5O4S. The predicted octanol–water partition coefficient (Wildman–Crippen LogP) is 4.69. The topological polar surface area (TPSA) is 118 Å². The van der Waals surface area contributed by atoms with E-state index < -0.39 is 32.7 Å². The van der Waals surface area contributed by atoms with Crippen LogP contribution in [0.1, 0.15) is 19.3 Å². The molecule has 0 amide bonds. The first-order valence-corrected chi connectivity index (χ1v) is 14.5. The van der Waals surface area contributed by atoms with Crippen LogP contribution in [0, 0.1) is 17.0 Å². The second-order valence-corrected chi connectivity index (χ2v) is 11.9. The Morgan fingerprint density at radius 3 is 2.49 bits per heavy atom. The van der Waals surface area contributed by atoms with Crippen molar-refractivity contribution in [3.05, 3.63) is 78.8 Å². The number of nitrogens with one attached hydrogen (secondary N) is 1. The monoisotopic (exact) mass is 579 g/mol. The number of aliphatic hydroxyl groups is 1. The van der Waals surface area contributed by atoms with E-state index in [1.54, 1.807) is 0 Å². The van der Waals surface area contributed by atoms with Crippen molar-refractivity contribution >= 4 is 32.4 Å². The Kier molecular flexibility index (Phi) is 6.82. The summed E-state index contributed by atoms with van der Waals surface area (Å²) < 4.78 is 61.9. The summed E-state index contributed by atoms with van der Waals surface area (Å²) in [5.74, 6) is -1.73. The summed E-state index contributed by atoms with van der Waals surface area (Å²) in [5, 5.41) is 11.3. The number of hydrogen-bond donors (Lipinski definition) is 2. The number of sulfonamides is 1. The fourth-order valence-corrected chi connectivity index (χ4v) is 6.86. The van der Waals surface area contributed by atoms with Crippen molar-refractivity contribution in [3.8, 4) is 17.0 Å². The van der Waals surface area contributed by atoms with Crippen molar-refractivity contribution in [1.82, 2.24) is 15.0 Å². The molecule has 2 aromatic heterocycles. The minimum atomic E-state index is -4.64. The molecule has 212 valence electrons. The molecule has 0 radical (unpaired) electrons. The molecule has 6 rings (SSSR count). The Labute approximate surface area is 235 Å². The summed E-state index contributed by atoms with van der Waals surface area (Å²) in [4.78, 5) is 14.3. The number of aliphatic hydroxyl groups excluding tert-OH is 1. The van der Waals surface area contributed by atoms with Crippen LogP contribution in [0.3, 0.4) is 0 Å². The highest BCUT2D eigenvalue weighted by molar-refractivity contribution is 7.92. The summed E-state index contributed by atoms with van der Waals surface area (Å²) in [6.07, 6.45) is 9.09. The molecule has 12 heteroatoms. The Hall–Kier alpha value is -4.16. The van der Waals surface area contributed by atoms with Gasteiger partial charge in [0.15, 0.2) is 4.90 Å². The van der Waals surface area contributed by atoms with Crippen LogP contribution in [0.2, 0.25) is 0 Å². The van der Waals surface area contributed by atoms with Gasteiger partial charge in [-0.25, -0.2) is 32.2 Å². The molecule has 2 aliphatic rings. The van der Waals surface area contributed by atoms with Crippen LogP contribution < -0.4 is 14.4 Å². The number of nitrogens with zero attached hydrogens (tertiary/aromatic N) is 4. The number of anilines is 2. The van der Waals surface area contributed by atoms with Crippen LogP contribution >= 0.6 is 0 Å². The molecule has 3 heterocycles. The Morgan fingerprint density at radius 1 is 1.05 bits per heavy atom. The number of methoxy groups -OCH3 is 1. The van der Waals surface area contributed by atoms with Crippen molar-refractivity contribution in [2.24, 2.45) is 5.41 Å². The highest BCUT2D eigenvalue weighted by Crippen LogP contribution is 2.44. The standard InChI is InChI=1S/C29H27F2N5O4S/c1-40-28-24(35-41(38,39)26-21(30)4-2-5-22(26)31)15-19(16-32-28)18-7-8-23-20(14-18)27(34-17-33-23)36-12-10-29(11-13-36)9-3-6-25(29)37/h2-8,14-17,25,35,37H,9-13H2,1H3. The average molecular weight is 580 g/mol. The van der Waals surface area contributed by atoms with Crippen LogP contribution in [0.4, 0.5) is 20.3 Å². The van der Waals surface area contributed by atoms with Crippen LogP contribution in [0.5, 0.6) is 5.88 Å². The molecule has 1 spiro atoms. The Bertz CT molecular complexity index is 1750. The molecule has 1 aliphatic heterocycles. The Balaban J connectivity index is 1.34. The third kappa shape index (κ3) is 4.87. The number of benzene rings is 2. The third-order valence-corrected chi connectivity index (χ3v) is 9.37. The van der Waals surface area contributed by atoms with Gasteiger partial charge in [0.2, 0.25) is 5.88 Å². The predicted molar refractivity (Wildman–Crippen MR) is 150 cm³/mol. The SMILES string of the molecule is COc1ncc(-c2ccc3ncnc(N4CCC5(CC=CC5O)CC4)c3c2)cc1NS(=O)(=O)c1c(F)cccc1F. The van der Waals surface area contributed by atoms with E-state index in [9.17, 15) is 22.3 Å². The van der Waals surface area contributed by atoms with Crippen LogP contribution in [-0.2, 0) is 10.0 Å². The number of ether oxygens (including phenoxy) is 1. The zero-order chi connectivity index (χ0) is 28.8. The van der Waals surface area contributed by atoms with Crippen molar-refractivity contribution in [3.63, 3.8) is 0 Å². The number of fused-ring (bicyclic) bond motifs is 1. The fourth-order valence-electron chi connectivity index (χ4n) is 5.68. The number of allylic oxidation sites excluding steroid dienone is 1. The van der Waals surface area contributed by atoms with E-state index in [4.69, 9.17) is 4.74 Å². The lowest BCUT2D eigenvalue weighted by Crippen LogP contribution is -2.44. The highest BCUT2D eigenvalue weighted by atomic mass is 32.2. The molecule has 1 aliphatic carbocycles. The van der Waals surface area contributed by atoms with E-state index in [1.807, 2.05) is 24.3 Å². The van der Waals surface area contributed by atoms with Gasteiger partial charge in [0.25, 0.3) is 10.0 Å². The van der Waals surface area contributed by atoms with Crippen molar-refractivity contribution < 1.29 is 27.0 Å². The van der Waals surface area contributed by atoms with Gasteiger partial charge in [0, 0.05) is 35.7 Å². The number of aromatic nitrogens is 3. The molecule has 2 N–H and O–H groups in total. The van der Waals surface area contributed by atoms with Crippen molar-refractivity contribution in [2.75, 3.05) is 29.8 Å². The lowest BCUT2D eigenvalue weighted by atomic mass is 9.74. The number of halogens is 2. The second-order valence-electron chi connectivity index (χ2n) is 10.3. The molecule has 9 nitrogen and oxygen atoms in total. The van der Waals surface area contributed by atoms with Gasteiger partial charge in [-0.1, -0.05) is 24.3 Å². The fraction of sp³-hybridized carbons (Fsp3) is 0.276. The molecule has 1 saturated heterocycles. The minimum Gasteiger partial charge on any atom is -0.480 e. The van der Waals surface area contributed by atoms with Gasteiger partial charge in [-0.2, -0.15) is 0 Å². The lowest BCUT2D eigenvalue weighted by Gasteiger charge is -2.42. The van der Waals surface area contributed by atoms with Gasteiger partial charge in [0.1, 0.15) is 29.5 Å². The molecule has 1 atom stereocenters. The van der Waals surface area contributed by atoms with E-state index in [1.165, 1.54) is 25.7 Å². The van der Waals surface area contributed by atoms with Crippen LogP contribution in [0.25, 0.3) is 22.0 Å². The maximum Gasteiger partial charge on any atom is 0.267 e. The summed E-state index contributed by atoms with van der Waals surface area (Å²) >= 11 is 0. The van der Waals surface area contributed by atoms with Crippen molar-refractivity contribution in [2.45, 2.75) is 30.3 Å². The van der Waals surface area contributed by atoms with Gasteiger partial charge < -0.3 is 14.7 Å². The Morgan fingerprint density at radius 2 is 1.80 bits per heavy atom. The average Bonchev–Trinajstić information content (AvgIpc) is 3.31. The van der Waals surface area contributed by atoms with Gasteiger partial charge >= 0.3 is 0 Å². The summed E-state index contributed by atoms with van der Waals surface area (Å²) in [5.41, 5.74) is 1.77. The molecule has 0 saturated carbocycles. The first-order chi connectivity index (χ1) is 19.7. The summed E-state index contributed by atoms with van der Waals surface area (Å²) in [7, 11) is -3.33. The van der Waals surface area contributed by atoms with Gasteiger partial charge in [-0.05, 0) is 55.2 Å². The number of hydrogen-bond acceptors (Lipinski definition) is 8. The van der Waals surface area contributed by atoms with E-state index in [0.717, 1.165) is 67.3 Å². The summed E-state index contributed by atoms with van der Waals surface area (Å²) in [6.45, 7) is 1.47. The minimum absolute atomic E-state index is 0.0651. The van der Waals surface area contributed by atoms with Crippen LogP contribution in [0.15, 0.2) is 72.0 Å².